The first-order chi connectivity index (χ1) is 12.8. The molecule has 0 heterocycles. The molecule has 0 unspecified atom stereocenters. The molecule has 0 saturated carbocycles. The van der Waals surface area contributed by atoms with Crippen molar-refractivity contribution in [3.8, 4) is 0 Å². The quantitative estimate of drug-likeness (QED) is 0.238. The minimum Gasteiger partial charge on any atom is -0.374 e. The molecule has 0 aliphatic rings. The Morgan fingerprint density at radius 2 is 1.36 bits per heavy atom. The third kappa shape index (κ3) is 7.24. The van der Waals surface area contributed by atoms with Crippen molar-refractivity contribution in [2.75, 3.05) is 32.9 Å². The number of hydrogen-bond donors (Lipinski definition) is 1. The molecule has 0 radical (unpaired) electrons. The van der Waals surface area contributed by atoms with Gasteiger partial charge in [0.25, 0.3) is 0 Å². The first-order valence-electron chi connectivity index (χ1n) is 8.62. The van der Waals surface area contributed by atoms with Crippen molar-refractivity contribution in [1.29, 1.82) is 0 Å². The van der Waals surface area contributed by atoms with Crippen LogP contribution in [0.15, 0.2) is 11.9 Å². The lowest BCUT2D eigenvalue weighted by Crippen LogP contribution is -2.52. The fourth-order valence-electron chi connectivity index (χ4n) is 2.15. The van der Waals surface area contributed by atoms with Crippen LogP contribution in [-0.2, 0) is 13.3 Å². The Bertz CT molecular complexity index is 471. The molecule has 0 aromatic carbocycles. The molecule has 1 N–H and O–H groups in total. The van der Waals surface area contributed by atoms with Gasteiger partial charge in [0.05, 0.1) is 0 Å². The second kappa shape index (κ2) is 11.4. The van der Waals surface area contributed by atoms with Gasteiger partial charge in [0.2, 0.25) is 0 Å². The molecule has 0 saturated heterocycles. The van der Waals surface area contributed by atoms with Crippen LogP contribution in [0.25, 0.3) is 0 Å². The molecule has 0 bridgehead atoms. The molecule has 0 fully saturated rings. The number of hydrogen-bond acceptors (Lipinski definition) is 4. The molecular weight excluding hydrogens is 422 g/mol. The smallest absolute Gasteiger partial charge is 0.374 e. The van der Waals surface area contributed by atoms with Gasteiger partial charge >= 0.3 is 26.8 Å². The summed E-state index contributed by atoms with van der Waals surface area (Å²) in [7, 11) is -2.93. The maximum Gasteiger partial charge on any atom is 0.500 e. The lowest BCUT2D eigenvalue weighted by molar-refractivity contribution is -0.347. The van der Waals surface area contributed by atoms with Crippen molar-refractivity contribution in [2.45, 2.75) is 51.3 Å². The van der Waals surface area contributed by atoms with Gasteiger partial charge in [0.1, 0.15) is 0 Å². The Labute approximate surface area is 159 Å². The monoisotopic (exact) mass is 447 g/mol. The third-order valence-corrected chi connectivity index (χ3v) is 6.56. The van der Waals surface area contributed by atoms with Crippen LogP contribution < -0.4 is 5.32 Å². The summed E-state index contributed by atoms with van der Waals surface area (Å²) in [6.07, 6.45) is -6.27. The highest BCUT2D eigenvalue weighted by atomic mass is 28.4. The SMILES string of the molecule is CCO[Si](CCCNC/C=C(\F)C(F)(F)C(F)(F)C(F)(F)F)(OCC)OCC. The molecule has 0 rings (SSSR count). The second-order valence-electron chi connectivity index (χ2n) is 5.49. The molecule has 0 atom stereocenters. The van der Waals surface area contributed by atoms with Gasteiger partial charge in [-0.2, -0.15) is 30.7 Å². The zero-order valence-corrected chi connectivity index (χ0v) is 16.8. The summed E-state index contributed by atoms with van der Waals surface area (Å²) in [5.41, 5.74) is 0. The summed E-state index contributed by atoms with van der Waals surface area (Å²) in [6.45, 7) is 5.74. The first kappa shape index (κ1) is 27.2. The lowest BCUT2D eigenvalue weighted by atomic mass is 10.1. The summed E-state index contributed by atoms with van der Waals surface area (Å²) >= 11 is 0. The zero-order valence-electron chi connectivity index (χ0n) is 15.8. The standard InChI is InChI=1S/C15H25F8NO3Si/c1-4-25-28(26-5-2,27-6-3)11-7-9-24-10-8-12(16)13(17,18)14(19,20)15(21,22)23/h8,24H,4-7,9-11H2,1-3H3/b12-8-. The van der Waals surface area contributed by atoms with Crippen LogP contribution in [-0.4, -0.2) is 59.7 Å². The normalized spacial score (nSPS) is 14.6. The molecule has 0 aliphatic heterocycles. The molecule has 4 nitrogen and oxygen atoms in total. The highest BCUT2D eigenvalue weighted by Crippen LogP contribution is 2.49. The summed E-state index contributed by atoms with van der Waals surface area (Å²) < 4.78 is 118. The number of halogens is 8. The molecule has 28 heavy (non-hydrogen) atoms. The van der Waals surface area contributed by atoms with Gasteiger partial charge in [-0.15, -0.1) is 0 Å². The van der Waals surface area contributed by atoms with Gasteiger partial charge in [-0.3, -0.25) is 0 Å². The van der Waals surface area contributed by atoms with E-state index in [0.29, 0.717) is 32.3 Å². The van der Waals surface area contributed by atoms with E-state index in [9.17, 15) is 35.1 Å². The molecular formula is C15H25F8NO3Si. The highest BCUT2D eigenvalue weighted by molar-refractivity contribution is 6.60. The van der Waals surface area contributed by atoms with E-state index < -0.39 is 39.2 Å². The minimum absolute atomic E-state index is 0.0437. The van der Waals surface area contributed by atoms with Crippen LogP contribution in [0.3, 0.4) is 0 Å². The lowest BCUT2D eigenvalue weighted by Gasteiger charge is -2.28. The molecule has 0 aromatic heterocycles. The van der Waals surface area contributed by atoms with Gasteiger partial charge < -0.3 is 18.6 Å². The average Bonchev–Trinajstić information content (AvgIpc) is 2.57. The number of rotatable bonds is 14. The average molecular weight is 447 g/mol. The van der Waals surface area contributed by atoms with E-state index in [1.807, 2.05) is 0 Å². The summed E-state index contributed by atoms with van der Waals surface area (Å²) in [6, 6.07) is 0.351. The van der Waals surface area contributed by atoms with Crippen molar-refractivity contribution in [1.82, 2.24) is 5.32 Å². The fourth-order valence-corrected chi connectivity index (χ4v) is 4.76. The van der Waals surface area contributed by atoms with Crippen molar-refractivity contribution < 1.29 is 48.4 Å². The Morgan fingerprint density at radius 1 is 0.893 bits per heavy atom. The molecule has 168 valence electrons. The van der Waals surface area contributed by atoms with Crippen LogP contribution in [0.4, 0.5) is 35.1 Å². The van der Waals surface area contributed by atoms with Crippen molar-refractivity contribution >= 4 is 8.80 Å². The van der Waals surface area contributed by atoms with Crippen LogP contribution in [0.1, 0.15) is 27.2 Å². The Kier molecular flexibility index (Phi) is 11.1. The Hall–Kier alpha value is -0.763. The van der Waals surface area contributed by atoms with E-state index in [0.717, 1.165) is 0 Å². The van der Waals surface area contributed by atoms with Crippen molar-refractivity contribution in [2.24, 2.45) is 0 Å². The second-order valence-corrected chi connectivity index (χ2v) is 8.22. The minimum atomic E-state index is -6.58. The van der Waals surface area contributed by atoms with Gasteiger partial charge in [-0.05, 0) is 39.8 Å². The van der Waals surface area contributed by atoms with E-state index in [2.05, 4.69) is 5.32 Å². The van der Waals surface area contributed by atoms with E-state index in [4.69, 9.17) is 13.3 Å². The van der Waals surface area contributed by atoms with Crippen LogP contribution in [0.5, 0.6) is 0 Å². The highest BCUT2D eigenvalue weighted by Gasteiger charge is 2.74. The summed E-state index contributed by atoms with van der Waals surface area (Å²) in [4.78, 5) is 0. The van der Waals surface area contributed by atoms with Gasteiger partial charge in [0, 0.05) is 32.4 Å². The van der Waals surface area contributed by atoms with Gasteiger partial charge in [-0.1, -0.05) is 0 Å². The van der Waals surface area contributed by atoms with E-state index in [-0.39, 0.29) is 12.6 Å². The van der Waals surface area contributed by atoms with Crippen LogP contribution in [0, 0.1) is 0 Å². The number of allylic oxidation sites excluding steroid dienone is 1. The fraction of sp³-hybridized carbons (Fsp3) is 0.867. The predicted molar refractivity (Wildman–Crippen MR) is 88.1 cm³/mol. The van der Waals surface area contributed by atoms with E-state index in [1.54, 1.807) is 20.8 Å². The van der Waals surface area contributed by atoms with Crippen LogP contribution >= 0.6 is 0 Å². The van der Waals surface area contributed by atoms with Gasteiger partial charge in [-0.25, -0.2) is 4.39 Å². The van der Waals surface area contributed by atoms with Gasteiger partial charge in [0.15, 0.2) is 5.83 Å². The summed E-state index contributed by atoms with van der Waals surface area (Å²) in [5, 5.41) is 2.46. The maximum absolute atomic E-state index is 13.2. The first-order valence-corrected chi connectivity index (χ1v) is 10.6. The molecule has 0 spiro atoms. The topological polar surface area (TPSA) is 39.7 Å². The molecule has 0 amide bonds. The largest absolute Gasteiger partial charge is 0.500 e. The maximum atomic E-state index is 13.2. The number of alkyl halides is 7. The predicted octanol–water partition coefficient (Wildman–Crippen LogP) is 4.70. The van der Waals surface area contributed by atoms with E-state index >= 15 is 0 Å². The van der Waals surface area contributed by atoms with Crippen molar-refractivity contribution in [3.63, 3.8) is 0 Å². The Morgan fingerprint density at radius 3 is 1.75 bits per heavy atom. The van der Waals surface area contributed by atoms with Crippen molar-refractivity contribution in [3.05, 3.63) is 11.9 Å². The third-order valence-electron chi connectivity index (χ3n) is 3.41. The Balaban J connectivity index is 4.68. The molecule has 0 aromatic rings. The molecule has 13 heteroatoms. The number of nitrogens with one attached hydrogen (secondary N) is 1. The van der Waals surface area contributed by atoms with E-state index in [1.165, 1.54) is 0 Å². The van der Waals surface area contributed by atoms with Crippen LogP contribution in [0.2, 0.25) is 6.04 Å². The molecule has 0 aliphatic carbocycles. The summed E-state index contributed by atoms with van der Waals surface area (Å²) in [5.74, 6) is -15.4. The zero-order chi connectivity index (χ0) is 22.1.